The van der Waals surface area contributed by atoms with Crippen molar-refractivity contribution in [3.05, 3.63) is 64.4 Å². The number of carbonyl (C=O) groups is 1. The summed E-state index contributed by atoms with van der Waals surface area (Å²) in [4.78, 5) is 18.3. The standard InChI is InChI=1S/C20H19ClF3N3O2/c21-17-11-13(7-10-28)12-25-18(17)14-5-8-27(9-6-14)19(29)26-16-3-1-15(2-4-16)20(22,23)24/h1-5,11-12,28H,6-10H2,(H,26,29). The van der Waals surface area contributed by atoms with Crippen LogP contribution in [0.5, 0.6) is 0 Å². The fraction of sp³-hybridized carbons (Fsp3) is 0.300. The van der Waals surface area contributed by atoms with Gasteiger partial charge in [-0.1, -0.05) is 17.7 Å². The molecule has 0 fully saturated rings. The topological polar surface area (TPSA) is 65.5 Å². The van der Waals surface area contributed by atoms with E-state index in [1.165, 1.54) is 12.1 Å². The van der Waals surface area contributed by atoms with Gasteiger partial charge < -0.3 is 15.3 Å². The normalized spacial score (nSPS) is 14.5. The Labute approximate surface area is 170 Å². The molecule has 2 N–H and O–H groups in total. The van der Waals surface area contributed by atoms with Crippen LogP contribution in [0.4, 0.5) is 23.7 Å². The van der Waals surface area contributed by atoms with Gasteiger partial charge in [0, 0.05) is 31.6 Å². The average Bonchev–Trinajstić information content (AvgIpc) is 2.68. The first-order valence-corrected chi connectivity index (χ1v) is 9.33. The van der Waals surface area contributed by atoms with E-state index in [4.69, 9.17) is 16.7 Å². The lowest BCUT2D eigenvalue weighted by molar-refractivity contribution is -0.137. The minimum atomic E-state index is -4.41. The van der Waals surface area contributed by atoms with E-state index in [2.05, 4.69) is 10.3 Å². The van der Waals surface area contributed by atoms with Gasteiger partial charge in [0.05, 0.1) is 16.3 Å². The second kappa shape index (κ2) is 8.84. The molecule has 1 aromatic heterocycles. The summed E-state index contributed by atoms with van der Waals surface area (Å²) in [5.74, 6) is 0. The molecule has 0 spiro atoms. The molecular weight excluding hydrogens is 407 g/mol. The van der Waals surface area contributed by atoms with Crippen molar-refractivity contribution in [1.29, 1.82) is 0 Å². The molecule has 1 aliphatic rings. The Hall–Kier alpha value is -2.58. The number of rotatable bonds is 4. The number of aliphatic hydroxyl groups excluding tert-OH is 1. The predicted octanol–water partition coefficient (Wildman–Crippen LogP) is 4.61. The average molecular weight is 426 g/mol. The van der Waals surface area contributed by atoms with Crippen molar-refractivity contribution in [3.8, 4) is 0 Å². The van der Waals surface area contributed by atoms with Crippen LogP contribution in [0.1, 0.15) is 23.2 Å². The number of anilines is 1. The Bertz CT molecular complexity index is 914. The lowest BCUT2D eigenvalue weighted by Crippen LogP contribution is -2.38. The summed E-state index contributed by atoms with van der Waals surface area (Å²) in [7, 11) is 0. The number of hydrogen-bond donors (Lipinski definition) is 2. The van der Waals surface area contributed by atoms with E-state index in [0.717, 1.165) is 23.3 Å². The molecule has 2 heterocycles. The first kappa shape index (κ1) is 21.1. The highest BCUT2D eigenvalue weighted by atomic mass is 35.5. The van der Waals surface area contributed by atoms with E-state index in [1.54, 1.807) is 17.2 Å². The Morgan fingerprint density at radius 1 is 1.28 bits per heavy atom. The lowest BCUT2D eigenvalue weighted by Gasteiger charge is -2.27. The molecule has 2 aromatic rings. The summed E-state index contributed by atoms with van der Waals surface area (Å²) in [6, 6.07) is 5.69. The van der Waals surface area contributed by atoms with Crippen LogP contribution in [0.25, 0.3) is 5.57 Å². The molecule has 3 rings (SSSR count). The van der Waals surface area contributed by atoms with Crippen molar-refractivity contribution < 1.29 is 23.1 Å². The zero-order valence-corrected chi connectivity index (χ0v) is 16.1. The molecule has 0 bridgehead atoms. The highest BCUT2D eigenvalue weighted by Crippen LogP contribution is 2.30. The maximum Gasteiger partial charge on any atom is 0.416 e. The van der Waals surface area contributed by atoms with Gasteiger partial charge in [0.1, 0.15) is 0 Å². The number of halogens is 4. The van der Waals surface area contributed by atoms with E-state index in [0.29, 0.717) is 42.3 Å². The van der Waals surface area contributed by atoms with Crippen molar-refractivity contribution in [1.82, 2.24) is 9.88 Å². The van der Waals surface area contributed by atoms with Crippen molar-refractivity contribution in [2.24, 2.45) is 0 Å². The highest BCUT2D eigenvalue weighted by molar-refractivity contribution is 6.32. The number of amides is 2. The van der Waals surface area contributed by atoms with Gasteiger partial charge in [-0.05, 0) is 54.3 Å². The molecule has 0 aliphatic carbocycles. The van der Waals surface area contributed by atoms with Crippen LogP contribution in [-0.4, -0.2) is 40.7 Å². The number of urea groups is 1. The highest BCUT2D eigenvalue weighted by Gasteiger charge is 2.30. The van der Waals surface area contributed by atoms with Gasteiger partial charge in [0.2, 0.25) is 0 Å². The molecule has 0 saturated heterocycles. The third kappa shape index (κ3) is 5.27. The molecule has 2 amide bonds. The minimum absolute atomic E-state index is 0.0169. The largest absolute Gasteiger partial charge is 0.416 e. The first-order chi connectivity index (χ1) is 13.8. The fourth-order valence-electron chi connectivity index (χ4n) is 2.99. The molecule has 0 saturated carbocycles. The first-order valence-electron chi connectivity index (χ1n) is 8.96. The van der Waals surface area contributed by atoms with Crippen LogP contribution in [0, 0.1) is 0 Å². The number of aliphatic hydroxyl groups is 1. The molecule has 0 atom stereocenters. The Morgan fingerprint density at radius 2 is 2.00 bits per heavy atom. The number of carbonyl (C=O) groups excluding carboxylic acids is 1. The third-order valence-corrected chi connectivity index (χ3v) is 4.85. The van der Waals surface area contributed by atoms with Crippen LogP contribution >= 0.6 is 11.6 Å². The van der Waals surface area contributed by atoms with E-state index in [9.17, 15) is 18.0 Å². The molecule has 154 valence electrons. The fourth-order valence-corrected chi connectivity index (χ4v) is 3.30. The number of benzene rings is 1. The molecule has 0 unspecified atom stereocenters. The van der Waals surface area contributed by atoms with Crippen LogP contribution in [0.3, 0.4) is 0 Å². The smallest absolute Gasteiger partial charge is 0.396 e. The van der Waals surface area contributed by atoms with E-state index in [-0.39, 0.29) is 6.61 Å². The van der Waals surface area contributed by atoms with E-state index in [1.807, 2.05) is 6.08 Å². The van der Waals surface area contributed by atoms with Crippen molar-refractivity contribution in [2.45, 2.75) is 19.0 Å². The summed E-state index contributed by atoms with van der Waals surface area (Å²) in [5, 5.41) is 12.1. The van der Waals surface area contributed by atoms with Gasteiger partial charge in [-0.2, -0.15) is 13.2 Å². The van der Waals surface area contributed by atoms with Gasteiger partial charge >= 0.3 is 12.2 Å². The second-order valence-corrected chi connectivity index (χ2v) is 6.99. The number of hydrogen-bond acceptors (Lipinski definition) is 3. The third-order valence-electron chi connectivity index (χ3n) is 4.56. The summed E-state index contributed by atoms with van der Waals surface area (Å²) >= 11 is 6.29. The number of aromatic nitrogens is 1. The molecule has 29 heavy (non-hydrogen) atoms. The van der Waals surface area contributed by atoms with Gasteiger partial charge in [0.25, 0.3) is 0 Å². The van der Waals surface area contributed by atoms with E-state index < -0.39 is 17.8 Å². The Kier molecular flexibility index (Phi) is 6.44. The summed E-state index contributed by atoms with van der Waals surface area (Å²) < 4.78 is 37.8. The number of pyridine rings is 1. The predicted molar refractivity (Wildman–Crippen MR) is 105 cm³/mol. The summed E-state index contributed by atoms with van der Waals surface area (Å²) in [5.41, 5.74) is 1.94. The van der Waals surface area contributed by atoms with Crippen LogP contribution in [0.2, 0.25) is 5.02 Å². The quantitative estimate of drug-likeness (QED) is 0.751. The summed E-state index contributed by atoms with van der Waals surface area (Å²) in [6.45, 7) is 0.774. The monoisotopic (exact) mass is 425 g/mol. The van der Waals surface area contributed by atoms with Crippen LogP contribution in [-0.2, 0) is 12.6 Å². The maximum absolute atomic E-state index is 12.6. The molecule has 9 heteroatoms. The van der Waals surface area contributed by atoms with Crippen LogP contribution < -0.4 is 5.32 Å². The van der Waals surface area contributed by atoms with Gasteiger partial charge in [-0.15, -0.1) is 0 Å². The number of nitrogens with zero attached hydrogens (tertiary/aromatic N) is 2. The minimum Gasteiger partial charge on any atom is -0.396 e. The van der Waals surface area contributed by atoms with Gasteiger partial charge in [-0.3, -0.25) is 4.98 Å². The lowest BCUT2D eigenvalue weighted by atomic mass is 10.0. The molecule has 1 aliphatic heterocycles. The number of alkyl halides is 3. The van der Waals surface area contributed by atoms with Crippen LogP contribution in [0.15, 0.2) is 42.6 Å². The van der Waals surface area contributed by atoms with Gasteiger partial charge in [-0.25, -0.2) is 4.79 Å². The Balaban J connectivity index is 1.62. The SMILES string of the molecule is O=C(Nc1ccc(C(F)(F)F)cc1)N1CC=C(c2ncc(CCO)cc2Cl)CC1. The molecule has 0 radical (unpaired) electrons. The van der Waals surface area contributed by atoms with E-state index >= 15 is 0 Å². The van der Waals surface area contributed by atoms with Crippen molar-refractivity contribution in [3.63, 3.8) is 0 Å². The summed E-state index contributed by atoms with van der Waals surface area (Å²) in [6.07, 6.45) is 0.135. The van der Waals surface area contributed by atoms with Gasteiger partial charge in [0.15, 0.2) is 0 Å². The second-order valence-electron chi connectivity index (χ2n) is 6.58. The number of nitrogens with one attached hydrogen (secondary N) is 1. The zero-order valence-electron chi connectivity index (χ0n) is 15.3. The van der Waals surface area contributed by atoms with Crippen molar-refractivity contribution in [2.75, 3.05) is 25.0 Å². The zero-order chi connectivity index (χ0) is 21.0. The Morgan fingerprint density at radius 3 is 2.55 bits per heavy atom. The molecular formula is C20H19ClF3N3O2. The molecule has 1 aromatic carbocycles. The maximum atomic E-state index is 12.6. The van der Waals surface area contributed by atoms with Crippen molar-refractivity contribution >= 4 is 28.9 Å². The molecule has 5 nitrogen and oxygen atoms in total.